The van der Waals surface area contributed by atoms with Gasteiger partial charge in [0, 0.05) is 6.61 Å². The van der Waals surface area contributed by atoms with E-state index >= 15 is 0 Å². The van der Waals surface area contributed by atoms with Crippen LogP contribution >= 0.6 is 7.82 Å². The van der Waals surface area contributed by atoms with Gasteiger partial charge in [0.2, 0.25) is 0 Å². The molecule has 0 aliphatic rings. The maximum atomic E-state index is 12.9. The lowest BCUT2D eigenvalue weighted by molar-refractivity contribution is -0.870. The predicted molar refractivity (Wildman–Crippen MR) is 206 cm³/mol. The molecule has 0 heterocycles. The Morgan fingerprint density at radius 2 is 1.00 bits per heavy atom. The second-order valence-corrected chi connectivity index (χ2v) is 17.0. The number of esters is 1. The van der Waals surface area contributed by atoms with Crippen LogP contribution in [0, 0.1) is 5.92 Å². The second-order valence-electron chi connectivity index (χ2n) is 15.6. The predicted octanol–water partition coefficient (Wildman–Crippen LogP) is 11.6. The Hall–Kier alpha value is -0.500. The van der Waals surface area contributed by atoms with Crippen LogP contribution in [0.5, 0.6) is 0 Å². The number of carbonyl (C=O) groups excluding carboxylic acids is 1. The van der Waals surface area contributed by atoms with Crippen molar-refractivity contribution in [1.29, 1.82) is 0 Å². The van der Waals surface area contributed by atoms with E-state index in [1.807, 2.05) is 28.1 Å². The van der Waals surface area contributed by atoms with Crippen LogP contribution in [0.3, 0.4) is 0 Å². The molecule has 8 nitrogen and oxygen atoms in total. The molecular formula is C40H83NO7P+. The maximum Gasteiger partial charge on any atom is 0.472 e. The van der Waals surface area contributed by atoms with Crippen molar-refractivity contribution in [3.63, 3.8) is 0 Å². The van der Waals surface area contributed by atoms with Crippen LogP contribution in [0.25, 0.3) is 0 Å². The normalized spacial score (nSPS) is 14.5. The van der Waals surface area contributed by atoms with E-state index in [0.717, 1.165) is 32.1 Å². The molecule has 0 bridgehead atoms. The summed E-state index contributed by atoms with van der Waals surface area (Å²) >= 11 is 0. The van der Waals surface area contributed by atoms with Crippen molar-refractivity contribution in [3.05, 3.63) is 0 Å². The molecule has 0 fully saturated rings. The molecule has 0 radical (unpaired) electrons. The topological polar surface area (TPSA) is 91.3 Å². The van der Waals surface area contributed by atoms with E-state index < -0.39 is 13.9 Å². The van der Waals surface area contributed by atoms with E-state index in [2.05, 4.69) is 13.8 Å². The standard InChI is InChI=1S/C40H82NO7P/c1-7-9-11-13-15-17-19-20-21-23-25-27-29-31-34-45-36-39(37-47-49(43,44)46-35-33-41(4,5)6)48-40(42)38(3)32-30-28-26-24-22-18-16-14-12-10-8-2/h38-39H,7-37H2,1-6H3/p+1/t38-,39-/m1/s1. The smallest absolute Gasteiger partial charge is 0.457 e. The van der Waals surface area contributed by atoms with Crippen LogP contribution in [-0.2, 0) is 27.9 Å². The van der Waals surface area contributed by atoms with Gasteiger partial charge in [0.15, 0.2) is 0 Å². The number of phosphoric acid groups is 1. The first-order valence-electron chi connectivity index (χ1n) is 20.7. The van der Waals surface area contributed by atoms with Crippen molar-refractivity contribution in [2.24, 2.45) is 5.92 Å². The Morgan fingerprint density at radius 1 is 0.592 bits per heavy atom. The summed E-state index contributed by atoms with van der Waals surface area (Å²) < 4.78 is 35.2. The molecular weight excluding hydrogens is 637 g/mol. The van der Waals surface area contributed by atoms with Gasteiger partial charge in [-0.15, -0.1) is 0 Å². The van der Waals surface area contributed by atoms with Crippen molar-refractivity contribution in [1.82, 2.24) is 0 Å². The Balaban J connectivity index is 4.37. The molecule has 3 atom stereocenters. The number of quaternary nitrogens is 1. The Bertz CT molecular complexity index is 776. The van der Waals surface area contributed by atoms with Gasteiger partial charge in [-0.2, -0.15) is 0 Å². The SMILES string of the molecule is CCCCCCCCCCCCCCCCOC[C@H](COP(=O)(O)OCC[N+](C)(C)C)OC(=O)[C@H](C)CCCCCCCCCCCCC. The molecule has 0 spiro atoms. The minimum atomic E-state index is -4.27. The minimum Gasteiger partial charge on any atom is -0.457 e. The Kier molecular flexibility index (Phi) is 33.0. The van der Waals surface area contributed by atoms with Gasteiger partial charge in [0.05, 0.1) is 40.3 Å². The molecule has 9 heteroatoms. The lowest BCUT2D eigenvalue weighted by atomic mass is 10.0. The van der Waals surface area contributed by atoms with Crippen molar-refractivity contribution in [2.45, 2.75) is 194 Å². The number of nitrogens with zero attached hydrogens (tertiary/aromatic N) is 1. The zero-order valence-electron chi connectivity index (χ0n) is 33.4. The lowest BCUT2D eigenvalue weighted by Crippen LogP contribution is -2.37. The third-order valence-corrected chi connectivity index (χ3v) is 10.3. The molecule has 0 saturated heterocycles. The summed E-state index contributed by atoms with van der Waals surface area (Å²) in [4.78, 5) is 23.2. The average Bonchev–Trinajstić information content (AvgIpc) is 3.04. The fraction of sp³-hybridized carbons (Fsp3) is 0.975. The van der Waals surface area contributed by atoms with E-state index in [-0.39, 0.29) is 31.7 Å². The maximum absolute atomic E-state index is 12.9. The molecule has 0 amide bonds. The molecule has 294 valence electrons. The number of hydrogen-bond acceptors (Lipinski definition) is 6. The van der Waals surface area contributed by atoms with Crippen LogP contribution in [0.2, 0.25) is 0 Å². The number of likely N-dealkylation sites (N-methyl/N-ethyl adjacent to an activating group) is 1. The summed E-state index contributed by atoms with van der Waals surface area (Å²) in [5, 5.41) is 0. The number of phosphoric ester groups is 1. The molecule has 0 saturated carbocycles. The van der Waals surface area contributed by atoms with Crippen molar-refractivity contribution >= 4 is 13.8 Å². The summed E-state index contributed by atoms with van der Waals surface area (Å²) in [6.45, 7) is 7.53. The Labute approximate surface area is 304 Å². The molecule has 0 aromatic rings. The zero-order valence-corrected chi connectivity index (χ0v) is 34.3. The van der Waals surface area contributed by atoms with Crippen LogP contribution in [-0.4, -0.2) is 75.6 Å². The van der Waals surface area contributed by atoms with Gasteiger partial charge < -0.3 is 18.9 Å². The molecule has 0 aliphatic carbocycles. The fourth-order valence-corrected chi connectivity index (χ4v) is 6.63. The van der Waals surface area contributed by atoms with Gasteiger partial charge in [-0.05, 0) is 12.8 Å². The van der Waals surface area contributed by atoms with Gasteiger partial charge >= 0.3 is 13.8 Å². The highest BCUT2D eigenvalue weighted by Crippen LogP contribution is 2.43. The number of carbonyl (C=O) groups is 1. The molecule has 0 rings (SSSR count). The van der Waals surface area contributed by atoms with E-state index in [0.29, 0.717) is 17.6 Å². The van der Waals surface area contributed by atoms with Crippen LogP contribution in [0.4, 0.5) is 0 Å². The summed E-state index contributed by atoms with van der Waals surface area (Å²) in [7, 11) is 1.67. The summed E-state index contributed by atoms with van der Waals surface area (Å²) in [6.07, 6.45) is 32.2. The van der Waals surface area contributed by atoms with E-state index in [1.54, 1.807) is 0 Å². The second kappa shape index (κ2) is 33.3. The summed E-state index contributed by atoms with van der Waals surface area (Å²) in [5.74, 6) is -0.548. The van der Waals surface area contributed by atoms with Gasteiger partial charge in [-0.1, -0.05) is 175 Å². The van der Waals surface area contributed by atoms with Gasteiger partial charge in [-0.25, -0.2) is 4.57 Å². The number of rotatable bonds is 38. The molecule has 0 aliphatic heterocycles. The first-order chi connectivity index (χ1) is 23.5. The third kappa shape index (κ3) is 35.7. The quantitative estimate of drug-likeness (QED) is 0.0294. The first kappa shape index (κ1) is 48.5. The highest BCUT2D eigenvalue weighted by molar-refractivity contribution is 7.47. The number of unbranched alkanes of at least 4 members (excludes halogenated alkanes) is 23. The lowest BCUT2D eigenvalue weighted by Gasteiger charge is -2.24. The Morgan fingerprint density at radius 3 is 1.43 bits per heavy atom. The molecule has 1 N–H and O–H groups in total. The molecule has 0 aromatic carbocycles. The third-order valence-electron chi connectivity index (χ3n) is 9.31. The monoisotopic (exact) mass is 721 g/mol. The molecule has 0 aromatic heterocycles. The molecule has 1 unspecified atom stereocenters. The average molecular weight is 721 g/mol. The largest absolute Gasteiger partial charge is 0.472 e. The van der Waals surface area contributed by atoms with Crippen LogP contribution < -0.4 is 0 Å². The number of hydrogen-bond donors (Lipinski definition) is 1. The highest BCUT2D eigenvalue weighted by Gasteiger charge is 2.27. The van der Waals surface area contributed by atoms with E-state index in [9.17, 15) is 14.3 Å². The molecule has 49 heavy (non-hydrogen) atoms. The number of ether oxygens (including phenoxy) is 2. The van der Waals surface area contributed by atoms with E-state index in [1.165, 1.54) is 135 Å². The van der Waals surface area contributed by atoms with Gasteiger partial charge in [-0.3, -0.25) is 13.8 Å². The van der Waals surface area contributed by atoms with Crippen molar-refractivity contribution in [3.8, 4) is 0 Å². The summed E-state index contributed by atoms with van der Waals surface area (Å²) in [6, 6.07) is 0. The summed E-state index contributed by atoms with van der Waals surface area (Å²) in [5.41, 5.74) is 0. The van der Waals surface area contributed by atoms with Gasteiger partial charge in [0.1, 0.15) is 19.3 Å². The van der Waals surface area contributed by atoms with Crippen LogP contribution in [0.15, 0.2) is 0 Å². The first-order valence-corrected chi connectivity index (χ1v) is 22.2. The van der Waals surface area contributed by atoms with Crippen molar-refractivity contribution in [2.75, 3.05) is 54.1 Å². The van der Waals surface area contributed by atoms with E-state index in [4.69, 9.17) is 18.5 Å². The zero-order chi connectivity index (χ0) is 36.5. The van der Waals surface area contributed by atoms with Crippen LogP contribution in [0.1, 0.15) is 188 Å². The van der Waals surface area contributed by atoms with Crippen molar-refractivity contribution < 1.29 is 37.3 Å². The van der Waals surface area contributed by atoms with Gasteiger partial charge in [0.25, 0.3) is 0 Å². The fourth-order valence-electron chi connectivity index (χ4n) is 5.89. The highest BCUT2D eigenvalue weighted by atomic mass is 31.2. The minimum absolute atomic E-state index is 0.0906.